The van der Waals surface area contributed by atoms with Gasteiger partial charge in [0.1, 0.15) is 7.05 Å². The van der Waals surface area contributed by atoms with Crippen LogP contribution < -0.4 is 9.67 Å². The zero-order chi connectivity index (χ0) is 16.9. The minimum atomic E-state index is -0.913. The summed E-state index contributed by atoms with van der Waals surface area (Å²) in [5, 5.41) is 10.3. The van der Waals surface area contributed by atoms with Crippen LogP contribution in [0.3, 0.4) is 0 Å². The van der Waals surface area contributed by atoms with Crippen LogP contribution in [0.25, 0.3) is 0 Å². The van der Waals surface area contributed by atoms with Gasteiger partial charge in [-0.05, 0) is 31.7 Å². The molecule has 1 heterocycles. The van der Waals surface area contributed by atoms with E-state index >= 15 is 0 Å². The molecule has 1 aromatic heterocycles. The van der Waals surface area contributed by atoms with E-state index in [4.69, 9.17) is 0 Å². The van der Waals surface area contributed by atoms with Crippen LogP contribution in [0.4, 0.5) is 0 Å². The molecule has 0 bridgehead atoms. The second kappa shape index (κ2) is 12.1. The molecule has 3 nitrogen and oxygen atoms in total. The zero-order valence-electron chi connectivity index (χ0n) is 15.0. The lowest BCUT2D eigenvalue weighted by molar-refractivity contribution is -0.678. The van der Waals surface area contributed by atoms with Crippen LogP contribution in [0.15, 0.2) is 18.3 Å². The summed E-state index contributed by atoms with van der Waals surface area (Å²) in [6.45, 7) is 2.20. The Balaban J connectivity index is 1.90. The van der Waals surface area contributed by atoms with Gasteiger partial charge in [0.15, 0.2) is 11.9 Å². The Bertz CT molecular complexity index is 457. The van der Waals surface area contributed by atoms with Crippen molar-refractivity contribution in [3.05, 3.63) is 29.6 Å². The number of aromatic nitrogens is 1. The highest BCUT2D eigenvalue weighted by atomic mass is 16.4. The van der Waals surface area contributed by atoms with Gasteiger partial charge >= 0.3 is 0 Å². The Labute approximate surface area is 141 Å². The Hall–Kier alpha value is -1.38. The smallest absolute Gasteiger partial charge is 0.181 e. The van der Waals surface area contributed by atoms with Gasteiger partial charge in [0.05, 0.1) is 0 Å². The number of carbonyl (C=O) groups excluding carboxylic acids is 1. The normalized spacial score (nSPS) is 10.9. The average Bonchev–Trinajstić information content (AvgIpc) is 2.52. The molecule has 0 N–H and O–H groups in total. The van der Waals surface area contributed by atoms with Crippen LogP contribution in [-0.2, 0) is 18.3 Å². The number of hydrogen-bond donors (Lipinski definition) is 0. The Morgan fingerprint density at radius 2 is 1.48 bits per heavy atom. The van der Waals surface area contributed by atoms with Gasteiger partial charge in [0, 0.05) is 24.5 Å². The highest BCUT2D eigenvalue weighted by Gasteiger charge is 2.06. The van der Waals surface area contributed by atoms with Crippen molar-refractivity contribution in [1.29, 1.82) is 0 Å². The van der Waals surface area contributed by atoms with Crippen molar-refractivity contribution in [2.45, 2.75) is 84.0 Å². The molecule has 23 heavy (non-hydrogen) atoms. The summed E-state index contributed by atoms with van der Waals surface area (Å²) in [6, 6.07) is 4.38. The van der Waals surface area contributed by atoms with Crippen molar-refractivity contribution < 1.29 is 14.5 Å². The lowest BCUT2D eigenvalue weighted by atomic mass is 10.0. The monoisotopic (exact) mass is 319 g/mol. The third-order valence-electron chi connectivity index (χ3n) is 4.68. The van der Waals surface area contributed by atoms with Crippen LogP contribution in [0.5, 0.6) is 0 Å². The van der Waals surface area contributed by atoms with E-state index in [1.165, 1.54) is 62.6 Å². The molecule has 0 fully saturated rings. The first-order valence-electron chi connectivity index (χ1n) is 9.25. The summed E-state index contributed by atoms with van der Waals surface area (Å²) >= 11 is 0. The van der Waals surface area contributed by atoms with Crippen LogP contribution >= 0.6 is 0 Å². The van der Waals surface area contributed by atoms with Crippen molar-refractivity contribution in [3.63, 3.8) is 0 Å². The zero-order valence-corrected chi connectivity index (χ0v) is 15.0. The molecular weight excluding hydrogens is 286 g/mol. The average molecular weight is 319 g/mol. The fourth-order valence-electron chi connectivity index (χ4n) is 3.01. The molecule has 130 valence electrons. The van der Waals surface area contributed by atoms with Crippen molar-refractivity contribution >= 4 is 5.97 Å². The van der Waals surface area contributed by atoms with Crippen LogP contribution in [0.1, 0.15) is 81.9 Å². The first-order chi connectivity index (χ1) is 11.1. The van der Waals surface area contributed by atoms with Crippen molar-refractivity contribution in [2.24, 2.45) is 7.05 Å². The first-order valence-corrected chi connectivity index (χ1v) is 9.25. The van der Waals surface area contributed by atoms with Crippen molar-refractivity contribution in [3.8, 4) is 0 Å². The van der Waals surface area contributed by atoms with E-state index in [9.17, 15) is 9.90 Å². The van der Waals surface area contributed by atoms with E-state index in [2.05, 4.69) is 36.9 Å². The molecule has 0 saturated carbocycles. The lowest BCUT2D eigenvalue weighted by Gasteiger charge is -2.05. The second-order valence-electron chi connectivity index (χ2n) is 6.64. The van der Waals surface area contributed by atoms with E-state index in [1.807, 2.05) is 0 Å². The molecule has 1 rings (SSSR count). The molecule has 0 spiro atoms. The predicted molar refractivity (Wildman–Crippen MR) is 91.9 cm³/mol. The molecule has 0 aliphatic carbocycles. The molecule has 0 amide bonds. The van der Waals surface area contributed by atoms with Crippen molar-refractivity contribution in [1.82, 2.24) is 0 Å². The van der Waals surface area contributed by atoms with E-state index in [-0.39, 0.29) is 6.42 Å². The number of hydrogen-bond acceptors (Lipinski definition) is 2. The first kappa shape index (κ1) is 19.7. The molecule has 0 aliphatic rings. The number of pyridine rings is 1. The standard InChI is InChI=1S/C20H33NO2/c1-18-19(15-13-17-21(18)2)14-11-9-7-5-3-4-6-8-10-12-16-20(22)23/h13,15,17H,3-12,14,16H2,1-2H3. The number of carboxylic acids is 1. The molecular formula is C20H33NO2. The Morgan fingerprint density at radius 3 is 2.04 bits per heavy atom. The highest BCUT2D eigenvalue weighted by molar-refractivity contribution is 5.63. The SMILES string of the molecule is Cc1c(CCCCCCCCCCCCC(=O)[O-])ccc[n+]1C. The molecule has 0 aliphatic heterocycles. The number of nitrogens with zero attached hydrogens (tertiary/aromatic N) is 1. The lowest BCUT2D eigenvalue weighted by Crippen LogP contribution is -2.32. The Kier molecular flexibility index (Phi) is 10.3. The predicted octanol–water partition coefficient (Wildman–Crippen LogP) is 3.40. The highest BCUT2D eigenvalue weighted by Crippen LogP contribution is 2.13. The molecule has 0 aromatic carbocycles. The van der Waals surface area contributed by atoms with E-state index in [0.717, 1.165) is 19.3 Å². The Morgan fingerprint density at radius 1 is 0.957 bits per heavy atom. The van der Waals surface area contributed by atoms with Gasteiger partial charge in [-0.1, -0.05) is 51.4 Å². The summed E-state index contributed by atoms with van der Waals surface area (Å²) in [6.07, 6.45) is 15.6. The number of carbonyl (C=O) groups is 1. The number of rotatable bonds is 13. The van der Waals surface area contributed by atoms with Gasteiger partial charge in [-0.3, -0.25) is 0 Å². The molecule has 0 unspecified atom stereocenters. The number of aliphatic carboxylic acids is 1. The van der Waals surface area contributed by atoms with E-state index in [0.29, 0.717) is 0 Å². The summed E-state index contributed by atoms with van der Waals surface area (Å²) < 4.78 is 2.20. The summed E-state index contributed by atoms with van der Waals surface area (Å²) in [7, 11) is 2.11. The van der Waals surface area contributed by atoms with Gasteiger partial charge in [-0.15, -0.1) is 0 Å². The van der Waals surface area contributed by atoms with Crippen LogP contribution in [0, 0.1) is 6.92 Å². The second-order valence-corrected chi connectivity index (χ2v) is 6.64. The van der Waals surface area contributed by atoms with Crippen LogP contribution in [-0.4, -0.2) is 5.97 Å². The molecule has 0 atom stereocenters. The fourth-order valence-corrected chi connectivity index (χ4v) is 3.01. The van der Waals surface area contributed by atoms with E-state index in [1.54, 1.807) is 0 Å². The fraction of sp³-hybridized carbons (Fsp3) is 0.700. The number of aryl methyl sites for hydroxylation is 2. The summed E-state index contributed by atoms with van der Waals surface area (Å²) in [5.41, 5.74) is 2.86. The minimum Gasteiger partial charge on any atom is -0.550 e. The maximum absolute atomic E-state index is 10.3. The third kappa shape index (κ3) is 9.37. The number of unbranched alkanes of at least 4 members (excludes halogenated alkanes) is 9. The van der Waals surface area contributed by atoms with Gasteiger partial charge in [0.25, 0.3) is 0 Å². The van der Waals surface area contributed by atoms with Gasteiger partial charge in [-0.2, -0.15) is 0 Å². The van der Waals surface area contributed by atoms with E-state index < -0.39 is 5.97 Å². The summed E-state index contributed by atoms with van der Waals surface area (Å²) in [5.74, 6) is -0.913. The van der Waals surface area contributed by atoms with Gasteiger partial charge in [-0.25, -0.2) is 4.57 Å². The van der Waals surface area contributed by atoms with Crippen LogP contribution in [0.2, 0.25) is 0 Å². The molecule has 0 saturated heterocycles. The number of carboxylic acid groups (broad SMARTS) is 1. The maximum Gasteiger partial charge on any atom is 0.181 e. The third-order valence-corrected chi connectivity index (χ3v) is 4.68. The largest absolute Gasteiger partial charge is 0.550 e. The van der Waals surface area contributed by atoms with Gasteiger partial charge < -0.3 is 9.90 Å². The van der Waals surface area contributed by atoms with Crippen molar-refractivity contribution in [2.75, 3.05) is 0 Å². The quantitative estimate of drug-likeness (QED) is 0.413. The summed E-state index contributed by atoms with van der Waals surface area (Å²) in [4.78, 5) is 10.3. The molecule has 0 radical (unpaired) electrons. The molecule has 1 aromatic rings. The maximum atomic E-state index is 10.3. The topological polar surface area (TPSA) is 44.0 Å². The van der Waals surface area contributed by atoms with Gasteiger partial charge in [0.2, 0.25) is 0 Å². The minimum absolute atomic E-state index is 0.221. The molecule has 3 heteroatoms.